The van der Waals surface area contributed by atoms with Crippen molar-refractivity contribution in [3.8, 4) is 5.75 Å². The fourth-order valence-corrected chi connectivity index (χ4v) is 3.44. The van der Waals surface area contributed by atoms with Crippen molar-refractivity contribution in [3.63, 3.8) is 0 Å². The van der Waals surface area contributed by atoms with Gasteiger partial charge in [-0.25, -0.2) is 0 Å². The van der Waals surface area contributed by atoms with Gasteiger partial charge in [0.1, 0.15) is 5.75 Å². The van der Waals surface area contributed by atoms with E-state index >= 15 is 0 Å². The fourth-order valence-electron chi connectivity index (χ4n) is 3.44. The number of nitrogens with zero attached hydrogens (tertiary/aromatic N) is 2. The minimum Gasteiger partial charge on any atom is -0.490 e. The molecule has 1 aromatic carbocycles. The highest BCUT2D eigenvalue weighted by Crippen LogP contribution is 2.24. The second-order valence-electron chi connectivity index (χ2n) is 6.58. The van der Waals surface area contributed by atoms with Crippen LogP contribution in [-0.4, -0.2) is 53.9 Å². The molecule has 0 atom stereocenters. The predicted molar refractivity (Wildman–Crippen MR) is 92.1 cm³/mol. The Labute approximate surface area is 143 Å². The molecule has 5 heteroatoms. The minimum atomic E-state index is 0.0333. The summed E-state index contributed by atoms with van der Waals surface area (Å²) in [5.74, 6) is 1.04. The van der Waals surface area contributed by atoms with Crippen molar-refractivity contribution in [3.05, 3.63) is 29.8 Å². The second kappa shape index (κ2) is 7.69. The molecule has 1 saturated carbocycles. The van der Waals surface area contributed by atoms with Crippen LogP contribution in [0, 0.1) is 0 Å². The predicted octanol–water partition coefficient (Wildman–Crippen LogP) is 2.70. The van der Waals surface area contributed by atoms with Gasteiger partial charge in [-0.1, -0.05) is 6.92 Å². The molecule has 24 heavy (non-hydrogen) atoms. The number of carbonyl (C=O) groups excluding carboxylic acids is 2. The first kappa shape index (κ1) is 16.8. The Kier molecular flexibility index (Phi) is 5.38. The largest absolute Gasteiger partial charge is 0.490 e. The molecule has 2 aliphatic rings. The second-order valence-corrected chi connectivity index (χ2v) is 6.58. The Balaban J connectivity index is 1.54. The highest BCUT2D eigenvalue weighted by atomic mass is 16.5. The van der Waals surface area contributed by atoms with Gasteiger partial charge < -0.3 is 14.5 Å². The molecular weight excluding hydrogens is 304 g/mol. The van der Waals surface area contributed by atoms with E-state index in [0.717, 1.165) is 18.6 Å². The monoisotopic (exact) mass is 330 g/mol. The van der Waals surface area contributed by atoms with E-state index in [1.807, 2.05) is 41.0 Å². The average molecular weight is 330 g/mol. The van der Waals surface area contributed by atoms with Gasteiger partial charge in [0.05, 0.1) is 6.10 Å². The molecule has 0 spiro atoms. The van der Waals surface area contributed by atoms with Gasteiger partial charge >= 0.3 is 0 Å². The van der Waals surface area contributed by atoms with Gasteiger partial charge in [0.15, 0.2) is 0 Å². The molecule has 1 heterocycles. The zero-order chi connectivity index (χ0) is 16.9. The minimum absolute atomic E-state index is 0.0333. The first-order chi connectivity index (χ1) is 11.7. The third kappa shape index (κ3) is 3.89. The summed E-state index contributed by atoms with van der Waals surface area (Å²) in [4.78, 5) is 27.9. The molecule has 130 valence electrons. The molecule has 5 nitrogen and oxygen atoms in total. The fraction of sp³-hybridized carbons (Fsp3) is 0.579. The molecule has 2 amide bonds. The Bertz CT molecular complexity index is 571. The maximum absolute atomic E-state index is 12.6. The maximum Gasteiger partial charge on any atom is 0.253 e. The van der Waals surface area contributed by atoms with Crippen LogP contribution in [0.15, 0.2) is 24.3 Å². The Morgan fingerprint density at radius 2 is 1.58 bits per heavy atom. The summed E-state index contributed by atoms with van der Waals surface area (Å²) < 4.78 is 5.94. The third-order valence-corrected chi connectivity index (χ3v) is 4.93. The first-order valence-corrected chi connectivity index (χ1v) is 9.01. The lowest BCUT2D eigenvalue weighted by atomic mass is 10.1. The van der Waals surface area contributed by atoms with Crippen LogP contribution in [0.2, 0.25) is 0 Å². The van der Waals surface area contributed by atoms with Crippen LogP contribution in [0.4, 0.5) is 0 Å². The van der Waals surface area contributed by atoms with E-state index in [9.17, 15) is 9.59 Å². The number of carbonyl (C=O) groups is 2. The van der Waals surface area contributed by atoms with Crippen molar-refractivity contribution in [1.29, 1.82) is 0 Å². The van der Waals surface area contributed by atoms with Crippen molar-refractivity contribution < 1.29 is 14.3 Å². The average Bonchev–Trinajstić information content (AvgIpc) is 3.14. The van der Waals surface area contributed by atoms with Crippen LogP contribution in [0.3, 0.4) is 0 Å². The summed E-state index contributed by atoms with van der Waals surface area (Å²) in [6, 6.07) is 7.47. The third-order valence-electron chi connectivity index (χ3n) is 4.93. The van der Waals surface area contributed by atoms with E-state index in [0.29, 0.717) is 44.3 Å². The Hall–Kier alpha value is -2.04. The lowest BCUT2D eigenvalue weighted by Gasteiger charge is -2.34. The zero-order valence-corrected chi connectivity index (χ0v) is 14.4. The molecule has 0 N–H and O–H groups in total. The Morgan fingerprint density at radius 1 is 1.00 bits per heavy atom. The summed E-state index contributed by atoms with van der Waals surface area (Å²) in [5.41, 5.74) is 0.684. The summed E-state index contributed by atoms with van der Waals surface area (Å²) in [6.07, 6.45) is 5.59. The van der Waals surface area contributed by atoms with Gasteiger partial charge in [-0.2, -0.15) is 0 Å². The van der Waals surface area contributed by atoms with E-state index in [1.165, 1.54) is 12.8 Å². The van der Waals surface area contributed by atoms with E-state index in [4.69, 9.17) is 4.74 Å². The van der Waals surface area contributed by atoms with E-state index in [1.54, 1.807) is 0 Å². The molecule has 0 radical (unpaired) electrons. The summed E-state index contributed by atoms with van der Waals surface area (Å²) in [5, 5.41) is 0. The topological polar surface area (TPSA) is 49.9 Å². The highest BCUT2D eigenvalue weighted by molar-refractivity contribution is 5.94. The first-order valence-electron chi connectivity index (χ1n) is 9.01. The van der Waals surface area contributed by atoms with E-state index in [2.05, 4.69) is 0 Å². The van der Waals surface area contributed by atoms with E-state index in [-0.39, 0.29) is 11.8 Å². The zero-order valence-electron chi connectivity index (χ0n) is 14.4. The van der Waals surface area contributed by atoms with Crippen LogP contribution in [-0.2, 0) is 4.79 Å². The quantitative estimate of drug-likeness (QED) is 0.853. The number of hydrogen-bond donors (Lipinski definition) is 0. The van der Waals surface area contributed by atoms with Crippen LogP contribution in [0.1, 0.15) is 49.4 Å². The van der Waals surface area contributed by atoms with Gasteiger partial charge in [0, 0.05) is 38.2 Å². The molecule has 3 rings (SSSR count). The highest BCUT2D eigenvalue weighted by Gasteiger charge is 2.24. The SMILES string of the molecule is CCC(=O)N1CCN(C(=O)c2ccc(OC3CCCC3)cc2)CC1. The standard InChI is InChI=1S/C19H26N2O3/c1-2-18(22)20-11-13-21(14-12-20)19(23)15-7-9-17(10-8-15)24-16-5-3-4-6-16/h7-10,16H,2-6,11-14H2,1H3. The summed E-state index contributed by atoms with van der Waals surface area (Å²) in [6.45, 7) is 4.33. The molecule has 1 aliphatic carbocycles. The number of piperazine rings is 1. The number of amides is 2. The van der Waals surface area contributed by atoms with Gasteiger partial charge in [0.2, 0.25) is 5.91 Å². The molecule has 1 aliphatic heterocycles. The number of hydrogen-bond acceptors (Lipinski definition) is 3. The van der Waals surface area contributed by atoms with Crippen molar-refractivity contribution in [2.75, 3.05) is 26.2 Å². The smallest absolute Gasteiger partial charge is 0.253 e. The Morgan fingerprint density at radius 3 is 2.17 bits per heavy atom. The van der Waals surface area contributed by atoms with Crippen molar-refractivity contribution in [2.45, 2.75) is 45.1 Å². The maximum atomic E-state index is 12.6. The molecule has 0 bridgehead atoms. The van der Waals surface area contributed by atoms with Crippen molar-refractivity contribution in [1.82, 2.24) is 9.80 Å². The van der Waals surface area contributed by atoms with Gasteiger partial charge in [-0.3, -0.25) is 9.59 Å². The van der Waals surface area contributed by atoms with Crippen LogP contribution >= 0.6 is 0 Å². The van der Waals surface area contributed by atoms with Crippen molar-refractivity contribution in [2.24, 2.45) is 0 Å². The van der Waals surface area contributed by atoms with Crippen LogP contribution in [0.25, 0.3) is 0 Å². The summed E-state index contributed by atoms with van der Waals surface area (Å²) >= 11 is 0. The number of benzene rings is 1. The van der Waals surface area contributed by atoms with Crippen LogP contribution < -0.4 is 4.74 Å². The van der Waals surface area contributed by atoms with Crippen molar-refractivity contribution >= 4 is 11.8 Å². The molecule has 1 saturated heterocycles. The summed E-state index contributed by atoms with van der Waals surface area (Å²) in [7, 11) is 0. The number of ether oxygens (including phenoxy) is 1. The lowest BCUT2D eigenvalue weighted by Crippen LogP contribution is -2.50. The normalized spacial score (nSPS) is 18.7. The lowest BCUT2D eigenvalue weighted by molar-refractivity contribution is -0.132. The number of rotatable bonds is 4. The molecular formula is C19H26N2O3. The van der Waals surface area contributed by atoms with Gasteiger partial charge in [-0.05, 0) is 49.9 Å². The molecule has 0 unspecified atom stereocenters. The van der Waals surface area contributed by atoms with E-state index < -0.39 is 0 Å². The van der Waals surface area contributed by atoms with Crippen LogP contribution in [0.5, 0.6) is 5.75 Å². The molecule has 0 aromatic heterocycles. The van der Waals surface area contributed by atoms with Gasteiger partial charge in [0.25, 0.3) is 5.91 Å². The molecule has 1 aromatic rings. The molecule has 2 fully saturated rings. The van der Waals surface area contributed by atoms with Gasteiger partial charge in [-0.15, -0.1) is 0 Å².